The SMILES string of the molecule is Cc1cccc(OCC(=O)N/N=C\C=C\c2ccccc2Cl)c1C. The summed E-state index contributed by atoms with van der Waals surface area (Å²) in [4.78, 5) is 11.7. The molecule has 5 heteroatoms. The third kappa shape index (κ3) is 5.25. The molecular weight excluding hydrogens is 324 g/mol. The Morgan fingerprint density at radius 1 is 1.21 bits per heavy atom. The third-order valence-corrected chi connectivity index (χ3v) is 3.79. The van der Waals surface area contributed by atoms with Gasteiger partial charge in [-0.05, 0) is 48.7 Å². The zero-order valence-corrected chi connectivity index (χ0v) is 14.4. The van der Waals surface area contributed by atoms with Crippen LogP contribution in [0.2, 0.25) is 5.02 Å². The van der Waals surface area contributed by atoms with E-state index in [-0.39, 0.29) is 12.5 Å². The lowest BCUT2D eigenvalue weighted by Crippen LogP contribution is -2.24. The molecule has 0 saturated carbocycles. The van der Waals surface area contributed by atoms with Gasteiger partial charge < -0.3 is 4.74 Å². The average molecular weight is 343 g/mol. The Labute approximate surface area is 146 Å². The number of aryl methyl sites for hydroxylation is 1. The van der Waals surface area contributed by atoms with Crippen LogP contribution in [0, 0.1) is 13.8 Å². The number of nitrogens with one attached hydrogen (secondary N) is 1. The van der Waals surface area contributed by atoms with Crippen molar-refractivity contribution in [2.24, 2.45) is 5.10 Å². The molecule has 0 atom stereocenters. The van der Waals surface area contributed by atoms with Gasteiger partial charge in [0.25, 0.3) is 5.91 Å². The summed E-state index contributed by atoms with van der Waals surface area (Å²) in [5.41, 5.74) is 5.44. The van der Waals surface area contributed by atoms with E-state index < -0.39 is 0 Å². The predicted octanol–water partition coefficient (Wildman–Crippen LogP) is 4.15. The highest BCUT2D eigenvalue weighted by Crippen LogP contribution is 2.20. The molecule has 2 aromatic rings. The van der Waals surface area contributed by atoms with Crippen molar-refractivity contribution in [1.29, 1.82) is 0 Å². The van der Waals surface area contributed by atoms with E-state index in [1.54, 1.807) is 6.08 Å². The summed E-state index contributed by atoms with van der Waals surface area (Å²) in [5.74, 6) is 0.381. The number of carbonyl (C=O) groups excluding carboxylic acids is 1. The van der Waals surface area contributed by atoms with E-state index in [0.29, 0.717) is 10.8 Å². The van der Waals surface area contributed by atoms with Crippen LogP contribution in [-0.4, -0.2) is 18.7 Å². The maximum atomic E-state index is 11.7. The quantitative estimate of drug-likeness (QED) is 0.633. The number of hydrogen-bond acceptors (Lipinski definition) is 3. The molecule has 0 saturated heterocycles. The molecular formula is C19H19ClN2O2. The summed E-state index contributed by atoms with van der Waals surface area (Å²) in [5, 5.41) is 4.49. The minimum atomic E-state index is -0.321. The highest BCUT2D eigenvalue weighted by molar-refractivity contribution is 6.32. The van der Waals surface area contributed by atoms with E-state index in [1.807, 2.05) is 62.4 Å². The second-order valence-corrected chi connectivity index (χ2v) is 5.59. The van der Waals surface area contributed by atoms with Gasteiger partial charge in [-0.15, -0.1) is 0 Å². The van der Waals surface area contributed by atoms with Crippen LogP contribution in [0.1, 0.15) is 16.7 Å². The maximum Gasteiger partial charge on any atom is 0.277 e. The fraction of sp³-hybridized carbons (Fsp3) is 0.158. The van der Waals surface area contributed by atoms with Gasteiger partial charge in [-0.2, -0.15) is 5.10 Å². The van der Waals surface area contributed by atoms with Crippen molar-refractivity contribution < 1.29 is 9.53 Å². The van der Waals surface area contributed by atoms with E-state index in [0.717, 1.165) is 16.7 Å². The van der Waals surface area contributed by atoms with E-state index in [2.05, 4.69) is 10.5 Å². The van der Waals surface area contributed by atoms with Crippen LogP contribution in [0.4, 0.5) is 0 Å². The molecule has 1 N–H and O–H groups in total. The zero-order valence-electron chi connectivity index (χ0n) is 13.6. The summed E-state index contributed by atoms with van der Waals surface area (Å²) >= 11 is 6.03. The number of amides is 1. The Bertz CT molecular complexity index is 770. The molecule has 0 aliphatic carbocycles. The van der Waals surface area contributed by atoms with Gasteiger partial charge in [0, 0.05) is 11.2 Å². The topological polar surface area (TPSA) is 50.7 Å². The van der Waals surface area contributed by atoms with Crippen molar-refractivity contribution in [3.63, 3.8) is 0 Å². The Morgan fingerprint density at radius 3 is 2.79 bits per heavy atom. The first-order chi connectivity index (χ1) is 11.6. The number of benzene rings is 2. The van der Waals surface area contributed by atoms with Crippen LogP contribution in [0.5, 0.6) is 5.75 Å². The number of allylic oxidation sites excluding steroid dienone is 1. The van der Waals surface area contributed by atoms with Crippen molar-refractivity contribution >= 4 is 29.8 Å². The average Bonchev–Trinajstić information content (AvgIpc) is 2.57. The number of ether oxygens (including phenoxy) is 1. The van der Waals surface area contributed by atoms with Crippen LogP contribution in [0.15, 0.2) is 53.6 Å². The third-order valence-electron chi connectivity index (χ3n) is 3.44. The van der Waals surface area contributed by atoms with Crippen LogP contribution in [-0.2, 0) is 4.79 Å². The minimum absolute atomic E-state index is 0.0874. The molecule has 0 bridgehead atoms. The number of halogens is 1. The molecule has 1 amide bonds. The Kier molecular flexibility index (Phi) is 6.58. The Balaban J connectivity index is 1.79. The molecule has 2 rings (SSSR count). The molecule has 0 aliphatic heterocycles. The van der Waals surface area contributed by atoms with Gasteiger partial charge in [0.05, 0.1) is 0 Å². The van der Waals surface area contributed by atoms with E-state index in [1.165, 1.54) is 6.21 Å². The van der Waals surface area contributed by atoms with Crippen molar-refractivity contribution in [3.05, 3.63) is 70.3 Å². The molecule has 2 aromatic carbocycles. The maximum absolute atomic E-state index is 11.7. The second-order valence-electron chi connectivity index (χ2n) is 5.18. The van der Waals surface area contributed by atoms with Gasteiger partial charge in [0.15, 0.2) is 6.61 Å². The number of rotatable bonds is 6. The normalized spacial score (nSPS) is 11.1. The lowest BCUT2D eigenvalue weighted by atomic mass is 10.1. The lowest BCUT2D eigenvalue weighted by Gasteiger charge is -2.09. The van der Waals surface area contributed by atoms with Gasteiger partial charge in [-0.3, -0.25) is 4.79 Å². The van der Waals surface area contributed by atoms with Crippen LogP contribution >= 0.6 is 11.6 Å². The van der Waals surface area contributed by atoms with E-state index in [4.69, 9.17) is 16.3 Å². The molecule has 0 radical (unpaired) electrons. The predicted molar refractivity (Wildman–Crippen MR) is 98.5 cm³/mol. The molecule has 0 aliphatic rings. The largest absolute Gasteiger partial charge is 0.483 e. The number of nitrogens with zero attached hydrogens (tertiary/aromatic N) is 1. The molecule has 0 heterocycles. The first-order valence-electron chi connectivity index (χ1n) is 7.50. The van der Waals surface area contributed by atoms with Gasteiger partial charge >= 0.3 is 0 Å². The van der Waals surface area contributed by atoms with Gasteiger partial charge in [0.1, 0.15) is 5.75 Å². The van der Waals surface area contributed by atoms with Crippen LogP contribution in [0.3, 0.4) is 0 Å². The summed E-state index contributed by atoms with van der Waals surface area (Å²) < 4.78 is 5.50. The summed E-state index contributed by atoms with van der Waals surface area (Å²) in [7, 11) is 0. The molecule has 0 aromatic heterocycles. The molecule has 0 fully saturated rings. The number of hydrogen-bond donors (Lipinski definition) is 1. The first kappa shape index (κ1) is 17.8. The summed E-state index contributed by atoms with van der Waals surface area (Å²) in [6, 6.07) is 13.2. The van der Waals surface area contributed by atoms with Crippen LogP contribution in [0.25, 0.3) is 6.08 Å². The van der Waals surface area contributed by atoms with Crippen molar-refractivity contribution in [2.75, 3.05) is 6.61 Å². The molecule has 0 spiro atoms. The molecule has 24 heavy (non-hydrogen) atoms. The Hall–Kier alpha value is -2.59. The van der Waals surface area contributed by atoms with E-state index >= 15 is 0 Å². The van der Waals surface area contributed by atoms with Gasteiger partial charge in [0.2, 0.25) is 0 Å². The highest BCUT2D eigenvalue weighted by Gasteiger charge is 2.04. The first-order valence-corrected chi connectivity index (χ1v) is 7.88. The molecule has 0 unspecified atom stereocenters. The number of hydrazone groups is 1. The fourth-order valence-corrected chi connectivity index (χ4v) is 2.16. The molecule has 4 nitrogen and oxygen atoms in total. The molecule has 124 valence electrons. The van der Waals surface area contributed by atoms with Crippen molar-refractivity contribution in [3.8, 4) is 5.75 Å². The lowest BCUT2D eigenvalue weighted by molar-refractivity contribution is -0.123. The summed E-state index contributed by atoms with van der Waals surface area (Å²) in [6.45, 7) is 3.87. The zero-order chi connectivity index (χ0) is 17.4. The smallest absolute Gasteiger partial charge is 0.277 e. The standard InChI is InChI=1S/C19H19ClN2O2/c1-14-7-5-11-18(15(14)2)24-13-19(23)22-21-12-6-9-16-8-3-4-10-17(16)20/h3-12H,13H2,1-2H3,(H,22,23)/b9-6+,21-12-. The van der Waals surface area contributed by atoms with Gasteiger partial charge in [-0.1, -0.05) is 48.0 Å². The van der Waals surface area contributed by atoms with Crippen molar-refractivity contribution in [1.82, 2.24) is 5.43 Å². The van der Waals surface area contributed by atoms with E-state index in [9.17, 15) is 4.79 Å². The second kappa shape index (κ2) is 8.89. The summed E-state index contributed by atoms with van der Waals surface area (Å²) in [6.07, 6.45) is 5.00. The van der Waals surface area contributed by atoms with Crippen molar-refractivity contribution in [2.45, 2.75) is 13.8 Å². The van der Waals surface area contributed by atoms with Crippen LogP contribution < -0.4 is 10.2 Å². The monoisotopic (exact) mass is 342 g/mol. The van der Waals surface area contributed by atoms with Gasteiger partial charge in [-0.25, -0.2) is 5.43 Å². The Morgan fingerprint density at radius 2 is 2.00 bits per heavy atom. The highest BCUT2D eigenvalue weighted by atomic mass is 35.5. The fourth-order valence-electron chi connectivity index (χ4n) is 1.97. The minimum Gasteiger partial charge on any atom is -0.483 e. The number of carbonyl (C=O) groups is 1.